The highest BCUT2D eigenvalue weighted by molar-refractivity contribution is 5.44. The second kappa shape index (κ2) is 4.81. The van der Waals surface area contributed by atoms with Gasteiger partial charge in [-0.2, -0.15) is 0 Å². The molecule has 1 aliphatic rings. The number of hydrogen-bond donors (Lipinski definition) is 0. The highest BCUT2D eigenvalue weighted by Gasteiger charge is 2.24. The third-order valence-electron chi connectivity index (χ3n) is 3.73. The van der Waals surface area contributed by atoms with Crippen molar-refractivity contribution >= 4 is 0 Å². The lowest BCUT2D eigenvalue weighted by Gasteiger charge is -2.08. The van der Waals surface area contributed by atoms with E-state index in [0.717, 1.165) is 25.0 Å². The Bertz CT molecular complexity index is 536. The predicted octanol–water partition coefficient (Wildman–Crippen LogP) is 3.05. The number of pyridine rings is 1. The van der Waals surface area contributed by atoms with Crippen molar-refractivity contribution in [3.63, 3.8) is 0 Å². The first-order valence-electron chi connectivity index (χ1n) is 6.40. The van der Waals surface area contributed by atoms with Gasteiger partial charge in [0.2, 0.25) is 0 Å². The third kappa shape index (κ3) is 2.10. The first-order chi connectivity index (χ1) is 8.86. The van der Waals surface area contributed by atoms with Crippen LogP contribution in [0, 0.1) is 5.92 Å². The largest absolute Gasteiger partial charge is 0.496 e. The summed E-state index contributed by atoms with van der Waals surface area (Å²) < 4.78 is 5.45. The van der Waals surface area contributed by atoms with Gasteiger partial charge in [0.25, 0.3) is 0 Å². The quantitative estimate of drug-likeness (QED) is 0.821. The topological polar surface area (TPSA) is 22.1 Å². The average Bonchev–Trinajstić information content (AvgIpc) is 2.82. The first kappa shape index (κ1) is 11.3. The molecule has 0 amide bonds. The fourth-order valence-corrected chi connectivity index (χ4v) is 2.89. The van der Waals surface area contributed by atoms with Gasteiger partial charge in [-0.1, -0.05) is 12.1 Å². The molecule has 0 fully saturated rings. The van der Waals surface area contributed by atoms with Crippen molar-refractivity contribution in [2.75, 3.05) is 7.11 Å². The molecule has 18 heavy (non-hydrogen) atoms. The third-order valence-corrected chi connectivity index (χ3v) is 3.73. The van der Waals surface area contributed by atoms with E-state index in [0.29, 0.717) is 5.92 Å². The van der Waals surface area contributed by atoms with E-state index in [2.05, 4.69) is 35.3 Å². The van der Waals surface area contributed by atoms with Crippen LogP contribution in [0.5, 0.6) is 5.75 Å². The van der Waals surface area contributed by atoms with E-state index in [1.165, 1.54) is 16.7 Å². The minimum Gasteiger partial charge on any atom is -0.496 e. The van der Waals surface area contributed by atoms with Crippen LogP contribution in [0.25, 0.3) is 0 Å². The summed E-state index contributed by atoms with van der Waals surface area (Å²) in [6.07, 6.45) is 7.16. The summed E-state index contributed by atoms with van der Waals surface area (Å²) in [7, 11) is 1.76. The molecular weight excluding hydrogens is 222 g/mol. The zero-order chi connectivity index (χ0) is 12.4. The number of ether oxygens (including phenoxy) is 1. The lowest BCUT2D eigenvalue weighted by Crippen LogP contribution is -2.04. The number of aromatic nitrogens is 1. The zero-order valence-electron chi connectivity index (χ0n) is 10.6. The van der Waals surface area contributed by atoms with E-state index in [1.807, 2.05) is 12.4 Å². The van der Waals surface area contributed by atoms with E-state index in [4.69, 9.17) is 4.74 Å². The van der Waals surface area contributed by atoms with Crippen molar-refractivity contribution in [1.82, 2.24) is 4.98 Å². The van der Waals surface area contributed by atoms with Crippen LogP contribution >= 0.6 is 0 Å². The summed E-state index contributed by atoms with van der Waals surface area (Å²) in [5, 5.41) is 0. The summed E-state index contributed by atoms with van der Waals surface area (Å²) in [6.45, 7) is 0. The van der Waals surface area contributed by atoms with Gasteiger partial charge >= 0.3 is 0 Å². The number of nitrogens with zero attached hydrogens (tertiary/aromatic N) is 1. The molecule has 2 aromatic rings. The zero-order valence-corrected chi connectivity index (χ0v) is 10.6. The van der Waals surface area contributed by atoms with E-state index in [9.17, 15) is 0 Å². The number of fused-ring (bicyclic) bond motifs is 1. The summed E-state index contributed by atoms with van der Waals surface area (Å²) in [5.41, 5.74) is 4.23. The van der Waals surface area contributed by atoms with Gasteiger partial charge < -0.3 is 4.74 Å². The standard InChI is InChI=1S/C16H17NO/c1-18-16-4-2-3-14-10-13(11-15(14)16)9-12-5-7-17-8-6-12/h2-8,13H,9-11H2,1H3/t13-/m0/s1. The summed E-state index contributed by atoms with van der Waals surface area (Å²) in [5.74, 6) is 1.74. The van der Waals surface area contributed by atoms with Gasteiger partial charge in [0.15, 0.2) is 0 Å². The first-order valence-corrected chi connectivity index (χ1v) is 6.40. The molecule has 92 valence electrons. The number of methoxy groups -OCH3 is 1. The lowest BCUT2D eigenvalue weighted by atomic mass is 9.97. The average molecular weight is 239 g/mol. The minimum atomic E-state index is 0.693. The van der Waals surface area contributed by atoms with E-state index in [1.54, 1.807) is 7.11 Å². The van der Waals surface area contributed by atoms with Crippen LogP contribution in [0.1, 0.15) is 16.7 Å². The van der Waals surface area contributed by atoms with E-state index in [-0.39, 0.29) is 0 Å². The molecule has 0 saturated heterocycles. The van der Waals surface area contributed by atoms with Gasteiger partial charge in [0, 0.05) is 12.4 Å². The molecule has 0 N–H and O–H groups in total. The molecule has 0 spiro atoms. The van der Waals surface area contributed by atoms with Crippen LogP contribution in [0.3, 0.4) is 0 Å². The van der Waals surface area contributed by atoms with Crippen LogP contribution in [0.15, 0.2) is 42.7 Å². The Kier molecular flexibility index (Phi) is 3.01. The molecule has 0 unspecified atom stereocenters. The summed E-state index contributed by atoms with van der Waals surface area (Å²) >= 11 is 0. The fraction of sp³-hybridized carbons (Fsp3) is 0.312. The van der Waals surface area contributed by atoms with Crippen molar-refractivity contribution < 1.29 is 4.74 Å². The maximum Gasteiger partial charge on any atom is 0.122 e. The van der Waals surface area contributed by atoms with Crippen LogP contribution in [0.2, 0.25) is 0 Å². The number of hydrogen-bond acceptors (Lipinski definition) is 2. The highest BCUT2D eigenvalue weighted by atomic mass is 16.5. The molecule has 1 aliphatic carbocycles. The van der Waals surface area contributed by atoms with Gasteiger partial charge in [0.05, 0.1) is 7.11 Å². The molecular formula is C16H17NO. The molecule has 1 aromatic heterocycles. The molecule has 0 saturated carbocycles. The second-order valence-electron chi connectivity index (χ2n) is 4.93. The molecule has 0 bridgehead atoms. The maximum atomic E-state index is 5.45. The Hall–Kier alpha value is -1.83. The van der Waals surface area contributed by atoms with Crippen LogP contribution in [-0.4, -0.2) is 12.1 Å². The Morgan fingerprint density at radius 3 is 2.78 bits per heavy atom. The SMILES string of the molecule is COc1cccc2c1C[C@@H](Cc1ccncc1)C2. The number of benzene rings is 1. The van der Waals surface area contributed by atoms with Crippen molar-refractivity contribution in [1.29, 1.82) is 0 Å². The Balaban J connectivity index is 1.77. The highest BCUT2D eigenvalue weighted by Crippen LogP contribution is 2.34. The monoisotopic (exact) mass is 239 g/mol. The number of rotatable bonds is 3. The molecule has 1 heterocycles. The van der Waals surface area contributed by atoms with Crippen LogP contribution in [0.4, 0.5) is 0 Å². The van der Waals surface area contributed by atoms with E-state index < -0.39 is 0 Å². The Morgan fingerprint density at radius 2 is 2.00 bits per heavy atom. The van der Waals surface area contributed by atoms with Crippen molar-refractivity contribution in [3.05, 3.63) is 59.4 Å². The molecule has 0 radical (unpaired) electrons. The second-order valence-corrected chi connectivity index (χ2v) is 4.93. The van der Waals surface area contributed by atoms with Gasteiger partial charge in [-0.05, 0) is 60.1 Å². The lowest BCUT2D eigenvalue weighted by molar-refractivity contribution is 0.408. The smallest absolute Gasteiger partial charge is 0.122 e. The molecule has 0 aliphatic heterocycles. The fourth-order valence-electron chi connectivity index (χ4n) is 2.89. The Labute approximate surface area is 108 Å². The van der Waals surface area contributed by atoms with Crippen LogP contribution < -0.4 is 4.74 Å². The van der Waals surface area contributed by atoms with Crippen LogP contribution in [-0.2, 0) is 19.3 Å². The van der Waals surface area contributed by atoms with Gasteiger partial charge in [-0.3, -0.25) is 4.98 Å². The van der Waals surface area contributed by atoms with Crippen molar-refractivity contribution in [2.45, 2.75) is 19.3 Å². The van der Waals surface area contributed by atoms with Crippen molar-refractivity contribution in [3.8, 4) is 5.75 Å². The molecule has 1 atom stereocenters. The van der Waals surface area contributed by atoms with Gasteiger partial charge in [-0.15, -0.1) is 0 Å². The molecule has 2 heteroatoms. The molecule has 2 nitrogen and oxygen atoms in total. The van der Waals surface area contributed by atoms with Gasteiger partial charge in [-0.25, -0.2) is 0 Å². The normalized spacial score (nSPS) is 17.5. The molecule has 3 rings (SSSR count). The molecule has 1 aromatic carbocycles. The summed E-state index contributed by atoms with van der Waals surface area (Å²) in [4.78, 5) is 4.07. The maximum absolute atomic E-state index is 5.45. The summed E-state index contributed by atoms with van der Waals surface area (Å²) in [6, 6.07) is 10.6. The minimum absolute atomic E-state index is 0.693. The van der Waals surface area contributed by atoms with E-state index >= 15 is 0 Å². The van der Waals surface area contributed by atoms with Crippen molar-refractivity contribution in [2.24, 2.45) is 5.92 Å². The predicted molar refractivity (Wildman–Crippen MR) is 71.8 cm³/mol. The van der Waals surface area contributed by atoms with Gasteiger partial charge in [0.1, 0.15) is 5.75 Å². The Morgan fingerprint density at radius 1 is 1.17 bits per heavy atom.